The van der Waals surface area contributed by atoms with Crippen LogP contribution in [0.1, 0.15) is 74.8 Å². The summed E-state index contributed by atoms with van der Waals surface area (Å²) >= 11 is 5.68. The van der Waals surface area contributed by atoms with Crippen molar-refractivity contribution in [1.82, 2.24) is 0 Å². The zero-order valence-corrected chi connectivity index (χ0v) is 75.0. The van der Waals surface area contributed by atoms with Gasteiger partial charge in [-0.1, -0.05) is 475 Å². The molecule has 0 unspecified atom stereocenters. The van der Waals surface area contributed by atoms with Crippen LogP contribution >= 0.6 is 34.0 Å². The first-order chi connectivity index (χ1) is 61.5. The minimum atomic E-state index is 0.945. The first kappa shape index (κ1) is 86.6. The van der Waals surface area contributed by atoms with Crippen molar-refractivity contribution in [3.63, 3.8) is 0 Å². The number of para-hydroxylation sites is 3. The van der Waals surface area contributed by atoms with E-state index >= 15 is 0 Å². The molecule has 0 spiro atoms. The summed E-state index contributed by atoms with van der Waals surface area (Å²) in [6.45, 7) is 22.1. The van der Waals surface area contributed by atoms with Gasteiger partial charge in [0.25, 0.3) is 0 Å². The lowest BCUT2D eigenvalue weighted by atomic mass is 10.00. The number of benzene rings is 19. The Labute approximate surface area is 741 Å². The fraction of sp³-hybridized carbons (Fsp3) is 0.0924. The molecule has 0 radical (unpaired) electrons. The summed E-state index contributed by atoms with van der Waals surface area (Å²) in [5.41, 5.74) is 17.7. The highest BCUT2D eigenvalue weighted by Crippen LogP contribution is 2.47. The summed E-state index contributed by atoms with van der Waals surface area (Å²) in [6.07, 6.45) is 0. The predicted molar refractivity (Wildman–Crippen MR) is 553 cm³/mol. The zero-order valence-electron chi connectivity index (χ0n) is 72.5. The summed E-state index contributed by atoms with van der Waals surface area (Å²) in [7, 11) is 0. The van der Waals surface area contributed by atoms with Crippen molar-refractivity contribution < 1.29 is 8.83 Å². The lowest BCUT2D eigenvalue weighted by Crippen LogP contribution is -1.78. The lowest BCUT2D eigenvalue weighted by Gasteiger charge is -2.03. The van der Waals surface area contributed by atoms with Crippen molar-refractivity contribution in [2.75, 3.05) is 0 Å². The number of thiophene rings is 3. The molecule has 19 aromatic carbocycles. The molecule has 5 heteroatoms. The summed E-state index contributed by atoms with van der Waals surface area (Å²) in [4.78, 5) is 0. The monoisotopic (exact) mass is 1660 g/mol. The molecule has 0 saturated heterocycles. The van der Waals surface area contributed by atoms with Crippen molar-refractivity contribution in [3.8, 4) is 55.6 Å². The van der Waals surface area contributed by atoms with Gasteiger partial charge in [-0.15, -0.1) is 34.0 Å². The van der Waals surface area contributed by atoms with Crippen LogP contribution in [0.5, 0.6) is 0 Å². The third kappa shape index (κ3) is 18.7. The second-order valence-electron chi connectivity index (χ2n) is 28.4. The second kappa shape index (κ2) is 42.6. The molecule has 610 valence electrons. The maximum Gasteiger partial charge on any atom is 0.143 e. The van der Waals surface area contributed by atoms with Gasteiger partial charge in [0.05, 0.1) is 0 Å². The molecule has 0 aliphatic carbocycles. The van der Waals surface area contributed by atoms with Crippen molar-refractivity contribution >= 4 is 171 Å². The fourth-order valence-corrected chi connectivity index (χ4v) is 19.7. The van der Waals surface area contributed by atoms with E-state index < -0.39 is 0 Å². The Balaban J connectivity index is 0.000000121. The molecule has 0 aliphatic heterocycles. The van der Waals surface area contributed by atoms with E-state index in [2.05, 4.69) is 389 Å². The molecule has 0 bridgehead atoms. The Kier molecular flexibility index (Phi) is 29.8. The SMILES string of the molecule is CC.CC.CC.CC.CC.Cc1ccccc1.c1ccc(-c2cccc3c2oc2ccc4ccccc4c23)cc1.c1ccc(-c2cccc3c2oc2ccccc23)cc1.c1ccc(-c2cccc3c2sc2ccc4ccccc4c23)cc1.c1ccc(-c2cccc3c2sc2ccc4ccccc4c23)cc1.c1ccc(-c2cccc3c2sc2ccccc23)cc1. The summed E-state index contributed by atoms with van der Waals surface area (Å²) in [5, 5.41) is 20.8. The van der Waals surface area contributed by atoms with E-state index in [9.17, 15) is 0 Å². The van der Waals surface area contributed by atoms with Crippen LogP contribution in [0.2, 0.25) is 0 Å². The second-order valence-corrected chi connectivity index (χ2v) is 31.5. The van der Waals surface area contributed by atoms with E-state index in [4.69, 9.17) is 8.83 Å². The normalized spacial score (nSPS) is 10.5. The molecular formula is C119H104O2S3. The highest BCUT2D eigenvalue weighted by Gasteiger charge is 2.18. The Hall–Kier alpha value is -13.8. The molecule has 24 aromatic rings. The van der Waals surface area contributed by atoms with Crippen LogP contribution in [-0.4, -0.2) is 0 Å². The van der Waals surface area contributed by atoms with E-state index in [-0.39, 0.29) is 0 Å². The van der Waals surface area contributed by atoms with Crippen LogP contribution in [0.25, 0.3) is 192 Å². The first-order valence-electron chi connectivity index (χ1n) is 43.6. The molecule has 0 amide bonds. The number of aryl methyl sites for hydroxylation is 1. The Morgan fingerprint density at radius 2 is 0.452 bits per heavy atom. The van der Waals surface area contributed by atoms with Crippen molar-refractivity contribution in [1.29, 1.82) is 0 Å². The van der Waals surface area contributed by atoms with Crippen molar-refractivity contribution in [2.24, 2.45) is 0 Å². The number of furan rings is 2. The average Bonchev–Trinajstić information content (AvgIpc) is 1.61. The predicted octanol–water partition coefficient (Wildman–Crippen LogP) is 38.3. The molecule has 5 aromatic heterocycles. The Morgan fingerprint density at radius 1 is 0.169 bits per heavy atom. The van der Waals surface area contributed by atoms with Gasteiger partial charge in [-0.3, -0.25) is 0 Å². The molecule has 24 rings (SSSR count). The lowest BCUT2D eigenvalue weighted by molar-refractivity contribution is 0.669. The molecule has 0 aliphatic rings. The summed E-state index contributed by atoms with van der Waals surface area (Å²) < 4.78 is 20.5. The zero-order chi connectivity index (χ0) is 86.1. The standard InChI is InChI=1S/C22H14O.2C22H14S.C18H12O.C18H12S.C7H8.5C2H6/c3*1-2-7-15(8-3-1)18-11-6-12-19-21-17-10-5-4-9-16(17)13-14-20(21)23-22(18)19;2*1-2-7-13(8-3-1)14-10-6-11-16-15-9-4-5-12-17(15)19-18(14)16;1-7-5-3-2-4-6-7;5*1-2/h3*1-14H;2*1-12H;2-6H,1H3;5*1-2H3. The van der Waals surface area contributed by atoms with Crippen LogP contribution in [0.3, 0.4) is 0 Å². The maximum atomic E-state index is 6.25. The van der Waals surface area contributed by atoms with Crippen LogP contribution in [-0.2, 0) is 0 Å². The first-order valence-corrected chi connectivity index (χ1v) is 46.0. The van der Waals surface area contributed by atoms with Gasteiger partial charge in [-0.2, -0.15) is 0 Å². The Morgan fingerprint density at radius 3 is 0.871 bits per heavy atom. The highest BCUT2D eigenvalue weighted by atomic mass is 32.1. The van der Waals surface area contributed by atoms with E-state index in [1.807, 2.05) is 152 Å². The van der Waals surface area contributed by atoms with E-state index in [0.717, 1.165) is 33.5 Å². The van der Waals surface area contributed by atoms with Crippen LogP contribution < -0.4 is 0 Å². The summed E-state index contributed by atoms with van der Waals surface area (Å²) in [6, 6.07) is 151. The molecule has 0 atom stereocenters. The fourth-order valence-electron chi connectivity index (χ4n) is 16.0. The van der Waals surface area contributed by atoms with Crippen LogP contribution in [0.15, 0.2) is 440 Å². The van der Waals surface area contributed by atoms with Gasteiger partial charge < -0.3 is 8.83 Å². The quantitative estimate of drug-likeness (QED) is 0.172. The van der Waals surface area contributed by atoms with Gasteiger partial charge in [0.2, 0.25) is 0 Å². The third-order valence-electron chi connectivity index (χ3n) is 21.3. The van der Waals surface area contributed by atoms with E-state index in [1.165, 1.54) is 164 Å². The minimum Gasteiger partial charge on any atom is -0.455 e. The number of hydrogen-bond acceptors (Lipinski definition) is 5. The molecule has 0 saturated carbocycles. The average molecular weight is 1660 g/mol. The van der Waals surface area contributed by atoms with Gasteiger partial charge in [0, 0.05) is 93.2 Å². The molecule has 0 N–H and O–H groups in total. The topological polar surface area (TPSA) is 26.3 Å². The van der Waals surface area contributed by atoms with Gasteiger partial charge in [-0.05, 0) is 114 Å². The van der Waals surface area contributed by atoms with Gasteiger partial charge in [0.15, 0.2) is 0 Å². The molecular weight excluding hydrogens is 1560 g/mol. The Bertz CT molecular complexity index is 6930. The maximum absolute atomic E-state index is 6.25. The van der Waals surface area contributed by atoms with E-state index in [1.54, 1.807) is 0 Å². The number of rotatable bonds is 5. The number of hydrogen-bond donors (Lipinski definition) is 0. The van der Waals surface area contributed by atoms with Crippen molar-refractivity contribution in [2.45, 2.75) is 76.2 Å². The molecule has 124 heavy (non-hydrogen) atoms. The largest absolute Gasteiger partial charge is 0.455 e. The van der Waals surface area contributed by atoms with Gasteiger partial charge in [0.1, 0.15) is 22.3 Å². The molecule has 5 heterocycles. The van der Waals surface area contributed by atoms with Crippen LogP contribution in [0.4, 0.5) is 0 Å². The van der Waals surface area contributed by atoms with Gasteiger partial charge >= 0.3 is 0 Å². The smallest absolute Gasteiger partial charge is 0.143 e. The minimum absolute atomic E-state index is 0.945. The van der Waals surface area contributed by atoms with Gasteiger partial charge in [-0.25, -0.2) is 0 Å². The number of fused-ring (bicyclic) bond motifs is 21. The van der Waals surface area contributed by atoms with Crippen molar-refractivity contribution in [3.05, 3.63) is 436 Å². The summed E-state index contributed by atoms with van der Waals surface area (Å²) in [5.74, 6) is 0. The highest BCUT2D eigenvalue weighted by molar-refractivity contribution is 7.27. The van der Waals surface area contributed by atoms with E-state index in [0.29, 0.717) is 0 Å². The molecule has 0 fully saturated rings. The molecule has 2 nitrogen and oxygen atoms in total. The van der Waals surface area contributed by atoms with Crippen LogP contribution in [0, 0.1) is 6.92 Å². The third-order valence-corrected chi connectivity index (χ3v) is 25.0.